The summed E-state index contributed by atoms with van der Waals surface area (Å²) < 4.78 is 5.26. The number of alkyl carbamates (subject to hydrolysis) is 1. The van der Waals surface area contributed by atoms with E-state index >= 15 is 0 Å². The van der Waals surface area contributed by atoms with Gasteiger partial charge in [0.2, 0.25) is 5.16 Å². The lowest BCUT2D eigenvalue weighted by Gasteiger charge is -2.26. The van der Waals surface area contributed by atoms with Gasteiger partial charge in [0.05, 0.1) is 11.4 Å². The summed E-state index contributed by atoms with van der Waals surface area (Å²) in [5.74, 6) is 0. The van der Waals surface area contributed by atoms with Crippen molar-refractivity contribution in [2.45, 2.75) is 56.8 Å². The molecule has 110 valence electrons. The fourth-order valence-corrected chi connectivity index (χ4v) is 2.38. The minimum absolute atomic E-state index is 0.0357. The van der Waals surface area contributed by atoms with Gasteiger partial charge >= 0.3 is 6.09 Å². The number of rotatable bonds is 2. The summed E-state index contributed by atoms with van der Waals surface area (Å²) in [7, 11) is 0. The Morgan fingerprint density at radius 2 is 2.10 bits per heavy atom. The average Bonchev–Trinajstić information content (AvgIpc) is 2.35. The fraction of sp³-hybridized carbons (Fsp3) is 0.692. The van der Waals surface area contributed by atoms with E-state index in [4.69, 9.17) is 4.74 Å². The van der Waals surface area contributed by atoms with Crippen molar-refractivity contribution in [1.29, 1.82) is 0 Å². The van der Waals surface area contributed by atoms with Crippen molar-refractivity contribution in [3.05, 3.63) is 11.4 Å². The van der Waals surface area contributed by atoms with E-state index in [-0.39, 0.29) is 12.1 Å². The van der Waals surface area contributed by atoms with Crippen LogP contribution in [0.5, 0.6) is 0 Å². The highest BCUT2D eigenvalue weighted by molar-refractivity contribution is 7.98. The van der Waals surface area contributed by atoms with E-state index in [1.807, 2.05) is 27.0 Å². The predicted octanol–water partition coefficient (Wildman–Crippen LogP) is 1.98. The number of thioether (sulfide) groups is 1. The lowest BCUT2D eigenvalue weighted by atomic mass is 9.96. The standard InChI is InChI=1S/C13H20N4O2S/c1-13(2,3)19-12(18)14-8-5-6-9-10(7-8)16-17-11(15-9)20-4/h8H,5-7H2,1-4H3,(H,14,18). The van der Waals surface area contributed by atoms with Crippen molar-refractivity contribution in [2.75, 3.05) is 6.26 Å². The zero-order valence-electron chi connectivity index (χ0n) is 12.3. The Kier molecular flexibility index (Phi) is 4.47. The van der Waals surface area contributed by atoms with Gasteiger partial charge in [0.25, 0.3) is 0 Å². The molecule has 20 heavy (non-hydrogen) atoms. The highest BCUT2D eigenvalue weighted by Crippen LogP contribution is 2.20. The molecule has 1 aliphatic carbocycles. The summed E-state index contributed by atoms with van der Waals surface area (Å²) in [6, 6.07) is 0.0357. The molecule has 0 aliphatic heterocycles. The van der Waals surface area contributed by atoms with E-state index < -0.39 is 5.60 Å². The van der Waals surface area contributed by atoms with Crippen molar-refractivity contribution in [3.63, 3.8) is 0 Å². The molecule has 1 aromatic heterocycles. The van der Waals surface area contributed by atoms with E-state index in [0.717, 1.165) is 24.2 Å². The summed E-state index contributed by atoms with van der Waals surface area (Å²) in [5.41, 5.74) is 1.38. The second-order valence-corrected chi connectivity index (χ2v) is 6.55. The van der Waals surface area contributed by atoms with Gasteiger partial charge in [0.1, 0.15) is 5.60 Å². The van der Waals surface area contributed by atoms with Crippen LogP contribution in [0, 0.1) is 0 Å². The molecule has 0 radical (unpaired) electrons. The molecule has 1 aromatic rings. The molecule has 0 saturated heterocycles. The minimum atomic E-state index is -0.481. The van der Waals surface area contributed by atoms with Gasteiger partial charge in [-0.3, -0.25) is 0 Å². The number of hydrogen-bond donors (Lipinski definition) is 1. The second kappa shape index (κ2) is 5.95. The van der Waals surface area contributed by atoms with Crippen molar-refractivity contribution >= 4 is 17.9 Å². The Bertz CT molecular complexity index is 502. The maximum atomic E-state index is 11.8. The number of nitrogens with one attached hydrogen (secondary N) is 1. The van der Waals surface area contributed by atoms with Gasteiger partial charge in [0.15, 0.2) is 0 Å². The SMILES string of the molecule is CSc1nnc2c(n1)CCC(NC(=O)OC(C)(C)C)C2. The molecule has 6 nitrogen and oxygen atoms in total. The summed E-state index contributed by atoms with van der Waals surface area (Å²) in [6.07, 6.45) is 3.85. The van der Waals surface area contributed by atoms with E-state index in [1.165, 1.54) is 11.8 Å². The molecule has 1 unspecified atom stereocenters. The number of amides is 1. The van der Waals surface area contributed by atoms with Gasteiger partial charge in [-0.25, -0.2) is 9.78 Å². The highest BCUT2D eigenvalue weighted by atomic mass is 32.2. The van der Waals surface area contributed by atoms with Crippen LogP contribution in [0.15, 0.2) is 5.16 Å². The maximum absolute atomic E-state index is 11.8. The number of ether oxygens (including phenoxy) is 1. The minimum Gasteiger partial charge on any atom is -0.444 e. The third-order valence-corrected chi connectivity index (χ3v) is 3.43. The van der Waals surface area contributed by atoms with Crippen LogP contribution in [-0.2, 0) is 17.6 Å². The molecule has 1 amide bonds. The summed E-state index contributed by atoms with van der Waals surface area (Å²) >= 11 is 1.48. The van der Waals surface area contributed by atoms with E-state index in [0.29, 0.717) is 11.6 Å². The van der Waals surface area contributed by atoms with Crippen molar-refractivity contribution in [1.82, 2.24) is 20.5 Å². The predicted molar refractivity (Wildman–Crippen MR) is 76.8 cm³/mol. The van der Waals surface area contributed by atoms with Gasteiger partial charge in [-0.1, -0.05) is 11.8 Å². The molecule has 1 atom stereocenters. The van der Waals surface area contributed by atoms with Crippen LogP contribution in [0.25, 0.3) is 0 Å². The third kappa shape index (κ3) is 4.06. The Morgan fingerprint density at radius 3 is 2.75 bits per heavy atom. The topological polar surface area (TPSA) is 77.0 Å². The first-order chi connectivity index (χ1) is 9.37. The number of nitrogens with zero attached hydrogens (tertiary/aromatic N) is 3. The van der Waals surface area contributed by atoms with Crippen LogP contribution in [-0.4, -0.2) is 39.2 Å². The summed E-state index contributed by atoms with van der Waals surface area (Å²) in [5, 5.41) is 11.8. The zero-order valence-corrected chi connectivity index (χ0v) is 13.1. The number of carbonyl (C=O) groups excluding carboxylic acids is 1. The highest BCUT2D eigenvalue weighted by Gasteiger charge is 2.25. The number of hydrogen-bond acceptors (Lipinski definition) is 6. The molecular formula is C13H20N4O2S. The van der Waals surface area contributed by atoms with Crippen LogP contribution in [0.2, 0.25) is 0 Å². The molecule has 1 aliphatic rings. The second-order valence-electron chi connectivity index (χ2n) is 5.78. The number of carbonyl (C=O) groups is 1. The Labute approximate surface area is 123 Å². The van der Waals surface area contributed by atoms with Gasteiger partial charge in [-0.2, -0.15) is 5.10 Å². The Balaban J connectivity index is 1.96. The summed E-state index contributed by atoms with van der Waals surface area (Å²) in [4.78, 5) is 16.2. The quantitative estimate of drug-likeness (QED) is 0.841. The normalized spacial score (nSPS) is 18.3. The third-order valence-electron chi connectivity index (χ3n) is 2.89. The van der Waals surface area contributed by atoms with Gasteiger partial charge in [-0.05, 0) is 39.9 Å². The van der Waals surface area contributed by atoms with Gasteiger partial charge in [0, 0.05) is 12.5 Å². The molecule has 0 saturated carbocycles. The molecule has 1 heterocycles. The monoisotopic (exact) mass is 296 g/mol. The molecular weight excluding hydrogens is 276 g/mol. The van der Waals surface area contributed by atoms with Crippen molar-refractivity contribution in [3.8, 4) is 0 Å². The van der Waals surface area contributed by atoms with Crippen molar-refractivity contribution in [2.24, 2.45) is 0 Å². The molecule has 2 rings (SSSR count). The molecule has 0 aromatic carbocycles. The Hall–Kier alpha value is -1.37. The lowest BCUT2D eigenvalue weighted by molar-refractivity contribution is 0.0499. The fourth-order valence-electron chi connectivity index (χ4n) is 2.05. The van der Waals surface area contributed by atoms with E-state index in [2.05, 4.69) is 20.5 Å². The van der Waals surface area contributed by atoms with Crippen LogP contribution < -0.4 is 5.32 Å². The smallest absolute Gasteiger partial charge is 0.407 e. The first kappa shape index (κ1) is 15.0. The van der Waals surface area contributed by atoms with E-state index in [9.17, 15) is 4.79 Å². The number of aromatic nitrogens is 3. The van der Waals surface area contributed by atoms with E-state index in [1.54, 1.807) is 0 Å². The molecule has 1 N–H and O–H groups in total. The van der Waals surface area contributed by atoms with Crippen molar-refractivity contribution < 1.29 is 9.53 Å². The zero-order chi connectivity index (χ0) is 14.8. The largest absolute Gasteiger partial charge is 0.444 e. The first-order valence-corrected chi connectivity index (χ1v) is 7.86. The van der Waals surface area contributed by atoms with Gasteiger partial charge < -0.3 is 10.1 Å². The summed E-state index contributed by atoms with van der Waals surface area (Å²) in [6.45, 7) is 5.55. The molecule has 0 spiro atoms. The van der Waals surface area contributed by atoms with Crippen LogP contribution in [0.4, 0.5) is 4.79 Å². The number of fused-ring (bicyclic) bond motifs is 1. The lowest BCUT2D eigenvalue weighted by Crippen LogP contribution is -2.42. The van der Waals surface area contributed by atoms with Crippen LogP contribution in [0.1, 0.15) is 38.6 Å². The van der Waals surface area contributed by atoms with Crippen LogP contribution in [0.3, 0.4) is 0 Å². The Morgan fingerprint density at radius 1 is 1.35 bits per heavy atom. The average molecular weight is 296 g/mol. The van der Waals surface area contributed by atoms with Crippen LogP contribution >= 0.6 is 11.8 Å². The molecule has 7 heteroatoms. The molecule has 0 fully saturated rings. The number of aryl methyl sites for hydroxylation is 1. The first-order valence-electron chi connectivity index (χ1n) is 6.63. The van der Waals surface area contributed by atoms with Gasteiger partial charge in [-0.15, -0.1) is 5.10 Å². The molecule has 0 bridgehead atoms. The maximum Gasteiger partial charge on any atom is 0.407 e.